The van der Waals surface area contributed by atoms with Gasteiger partial charge in [0.05, 0.1) is 11.0 Å². The zero-order chi connectivity index (χ0) is 8.20. The summed E-state index contributed by atoms with van der Waals surface area (Å²) in [7, 11) is 0. The molecule has 0 amide bonds. The van der Waals surface area contributed by atoms with E-state index in [0.29, 0.717) is 0 Å². The van der Waals surface area contributed by atoms with Crippen molar-refractivity contribution in [1.29, 1.82) is 0 Å². The van der Waals surface area contributed by atoms with Crippen LogP contribution in [0.25, 0.3) is 0 Å². The van der Waals surface area contributed by atoms with Gasteiger partial charge in [-0.1, -0.05) is 19.8 Å². The first kappa shape index (κ1) is 10.2. The minimum Gasteiger partial charge on any atom is -0.389 e. The Labute approximate surface area is 68.4 Å². The van der Waals surface area contributed by atoms with E-state index < -0.39 is 5.60 Å². The summed E-state index contributed by atoms with van der Waals surface area (Å²) in [5.41, 5.74) is -0.725. The van der Waals surface area contributed by atoms with Crippen molar-refractivity contribution in [2.24, 2.45) is 0 Å². The van der Waals surface area contributed by atoms with Gasteiger partial charge >= 0.3 is 0 Å². The molecule has 0 aliphatic rings. The Balaban J connectivity index is 3.52. The molecule has 0 heterocycles. The number of rotatable bonds is 4. The van der Waals surface area contributed by atoms with Crippen LogP contribution in [-0.4, -0.2) is 16.1 Å². The molecule has 1 atom stereocenters. The Kier molecular flexibility index (Phi) is 4.30. The van der Waals surface area contributed by atoms with Crippen LogP contribution < -0.4 is 0 Å². The van der Waals surface area contributed by atoms with Crippen molar-refractivity contribution < 1.29 is 5.11 Å². The van der Waals surface area contributed by atoms with Gasteiger partial charge < -0.3 is 5.11 Å². The van der Waals surface area contributed by atoms with Gasteiger partial charge in [0.2, 0.25) is 0 Å². The second kappa shape index (κ2) is 4.20. The molecule has 0 spiro atoms. The van der Waals surface area contributed by atoms with E-state index >= 15 is 0 Å². The molecule has 0 rings (SSSR count). The van der Waals surface area contributed by atoms with E-state index in [9.17, 15) is 5.11 Å². The Morgan fingerprint density at radius 1 is 1.50 bits per heavy atom. The van der Waals surface area contributed by atoms with Crippen LogP contribution in [0, 0.1) is 0 Å². The SMILES string of the molecule is CCCC[C@H](Cl)C(C)(C)O. The summed E-state index contributed by atoms with van der Waals surface area (Å²) in [4.78, 5) is 0. The van der Waals surface area contributed by atoms with Crippen molar-refractivity contribution in [3.05, 3.63) is 0 Å². The summed E-state index contributed by atoms with van der Waals surface area (Å²) in [5.74, 6) is 0. The molecular formula is C8H17ClO. The first-order chi connectivity index (χ1) is 4.48. The van der Waals surface area contributed by atoms with Crippen molar-refractivity contribution in [3.63, 3.8) is 0 Å². The maximum absolute atomic E-state index is 9.38. The molecular weight excluding hydrogens is 148 g/mol. The van der Waals surface area contributed by atoms with Gasteiger partial charge in [-0.05, 0) is 20.3 Å². The van der Waals surface area contributed by atoms with Gasteiger partial charge in [0.15, 0.2) is 0 Å². The average molecular weight is 165 g/mol. The molecule has 10 heavy (non-hydrogen) atoms. The highest BCUT2D eigenvalue weighted by Gasteiger charge is 2.23. The highest BCUT2D eigenvalue weighted by atomic mass is 35.5. The zero-order valence-corrected chi connectivity index (χ0v) is 7.78. The second-order valence-electron chi connectivity index (χ2n) is 3.26. The van der Waals surface area contributed by atoms with Crippen molar-refractivity contribution >= 4 is 11.6 Å². The van der Waals surface area contributed by atoms with E-state index in [4.69, 9.17) is 11.6 Å². The highest BCUT2D eigenvalue weighted by Crippen LogP contribution is 2.20. The fourth-order valence-corrected chi connectivity index (χ4v) is 0.891. The Morgan fingerprint density at radius 3 is 2.30 bits per heavy atom. The molecule has 0 fully saturated rings. The second-order valence-corrected chi connectivity index (χ2v) is 3.79. The monoisotopic (exact) mass is 164 g/mol. The van der Waals surface area contributed by atoms with Crippen molar-refractivity contribution in [3.8, 4) is 0 Å². The molecule has 0 bridgehead atoms. The van der Waals surface area contributed by atoms with E-state index in [0.717, 1.165) is 19.3 Å². The number of unbranched alkanes of at least 4 members (excludes halogenated alkanes) is 1. The number of aliphatic hydroxyl groups is 1. The van der Waals surface area contributed by atoms with Crippen LogP contribution in [0.5, 0.6) is 0 Å². The maximum atomic E-state index is 9.38. The van der Waals surface area contributed by atoms with E-state index in [2.05, 4.69) is 6.92 Å². The largest absolute Gasteiger partial charge is 0.389 e. The van der Waals surface area contributed by atoms with E-state index in [1.54, 1.807) is 13.8 Å². The lowest BCUT2D eigenvalue weighted by molar-refractivity contribution is 0.0723. The summed E-state index contributed by atoms with van der Waals surface area (Å²) in [6.07, 6.45) is 3.14. The summed E-state index contributed by atoms with van der Waals surface area (Å²) in [6.45, 7) is 5.62. The lowest BCUT2D eigenvalue weighted by Gasteiger charge is -2.23. The fourth-order valence-electron chi connectivity index (χ4n) is 0.737. The van der Waals surface area contributed by atoms with E-state index in [1.807, 2.05) is 0 Å². The first-order valence-corrected chi connectivity index (χ1v) is 4.28. The zero-order valence-electron chi connectivity index (χ0n) is 7.02. The molecule has 0 aromatic carbocycles. The minimum atomic E-state index is -0.725. The summed E-state index contributed by atoms with van der Waals surface area (Å²) in [6, 6.07) is 0. The molecule has 62 valence electrons. The van der Waals surface area contributed by atoms with E-state index in [1.165, 1.54) is 0 Å². The predicted octanol–water partition coefficient (Wildman–Crippen LogP) is 2.55. The lowest BCUT2D eigenvalue weighted by atomic mass is 10.0. The molecule has 0 saturated heterocycles. The van der Waals surface area contributed by atoms with Crippen LogP contribution in [-0.2, 0) is 0 Å². The fraction of sp³-hybridized carbons (Fsp3) is 1.00. The highest BCUT2D eigenvalue weighted by molar-refractivity contribution is 6.21. The maximum Gasteiger partial charge on any atom is 0.0754 e. The molecule has 0 radical (unpaired) electrons. The van der Waals surface area contributed by atoms with Gasteiger partial charge in [0, 0.05) is 0 Å². The Hall–Kier alpha value is 0.250. The van der Waals surface area contributed by atoms with Crippen LogP contribution in [0.4, 0.5) is 0 Å². The van der Waals surface area contributed by atoms with Gasteiger partial charge in [0.25, 0.3) is 0 Å². The average Bonchev–Trinajstić information content (AvgIpc) is 1.80. The number of hydrogen-bond donors (Lipinski definition) is 1. The molecule has 0 aromatic heterocycles. The number of hydrogen-bond acceptors (Lipinski definition) is 1. The third-order valence-corrected chi connectivity index (χ3v) is 2.33. The van der Waals surface area contributed by atoms with Crippen LogP contribution in [0.2, 0.25) is 0 Å². The lowest BCUT2D eigenvalue weighted by Crippen LogP contribution is -2.31. The van der Waals surface area contributed by atoms with Gasteiger partial charge in [0.1, 0.15) is 0 Å². The van der Waals surface area contributed by atoms with Crippen molar-refractivity contribution in [2.75, 3.05) is 0 Å². The topological polar surface area (TPSA) is 20.2 Å². The first-order valence-electron chi connectivity index (χ1n) is 3.85. The Morgan fingerprint density at radius 2 is 2.00 bits per heavy atom. The van der Waals surface area contributed by atoms with Crippen LogP contribution in [0.15, 0.2) is 0 Å². The standard InChI is InChI=1S/C8H17ClO/c1-4-5-6-7(9)8(2,3)10/h7,10H,4-6H2,1-3H3/t7-/m0/s1. The number of halogens is 1. The van der Waals surface area contributed by atoms with E-state index in [-0.39, 0.29) is 5.38 Å². The summed E-state index contributed by atoms with van der Waals surface area (Å²) >= 11 is 5.89. The molecule has 0 aliphatic heterocycles. The Bertz CT molecular complexity index is 85.7. The quantitative estimate of drug-likeness (QED) is 0.634. The van der Waals surface area contributed by atoms with Crippen LogP contribution in [0.1, 0.15) is 40.0 Å². The molecule has 0 unspecified atom stereocenters. The third kappa shape index (κ3) is 4.13. The molecule has 0 aliphatic carbocycles. The minimum absolute atomic E-state index is 0.104. The normalized spacial score (nSPS) is 15.3. The molecule has 0 aromatic rings. The van der Waals surface area contributed by atoms with Gasteiger partial charge in [-0.15, -0.1) is 11.6 Å². The smallest absolute Gasteiger partial charge is 0.0754 e. The van der Waals surface area contributed by atoms with Gasteiger partial charge in [-0.25, -0.2) is 0 Å². The third-order valence-electron chi connectivity index (χ3n) is 1.58. The van der Waals surface area contributed by atoms with Crippen molar-refractivity contribution in [2.45, 2.75) is 51.0 Å². The van der Waals surface area contributed by atoms with Crippen LogP contribution >= 0.6 is 11.6 Å². The predicted molar refractivity (Wildman–Crippen MR) is 45.5 cm³/mol. The molecule has 0 saturated carbocycles. The molecule has 1 N–H and O–H groups in total. The van der Waals surface area contributed by atoms with Gasteiger partial charge in [-0.2, -0.15) is 0 Å². The summed E-state index contributed by atoms with van der Waals surface area (Å²) in [5, 5.41) is 9.28. The molecule has 2 heteroatoms. The van der Waals surface area contributed by atoms with Crippen molar-refractivity contribution in [1.82, 2.24) is 0 Å². The molecule has 1 nitrogen and oxygen atoms in total. The van der Waals surface area contributed by atoms with Gasteiger partial charge in [-0.3, -0.25) is 0 Å². The van der Waals surface area contributed by atoms with Crippen LogP contribution in [0.3, 0.4) is 0 Å². The summed E-state index contributed by atoms with van der Waals surface area (Å²) < 4.78 is 0. The number of alkyl halides is 1.